The fourth-order valence-electron chi connectivity index (χ4n) is 4.49. The molecule has 0 heterocycles. The van der Waals surface area contributed by atoms with Gasteiger partial charge in [-0.15, -0.1) is 0 Å². The number of hydrogen-bond acceptors (Lipinski definition) is 4. The Bertz CT molecular complexity index is 1370. The van der Waals surface area contributed by atoms with Gasteiger partial charge < -0.3 is 10.2 Å². The largest absolute Gasteiger partial charge is 0.354 e. The molecule has 214 valence electrons. The molecule has 3 aromatic carbocycles. The van der Waals surface area contributed by atoms with Crippen LogP contribution in [0.3, 0.4) is 0 Å². The van der Waals surface area contributed by atoms with Gasteiger partial charge in [0.2, 0.25) is 11.8 Å². The standard InChI is InChI=1S/C31H38ClN3O4S/c1-4-6-20-33-31(37)28(5-2)34(21-19-25-13-9-7-10-14-25)30(36)23-35(29-22-26(32)18-17-24(29)3)40(38,39)27-15-11-8-12-16-27/h7-18,22,28H,4-6,19-21,23H2,1-3H3,(H,33,37)/t28-/m1/s1. The predicted molar refractivity (Wildman–Crippen MR) is 161 cm³/mol. The third-order valence-corrected chi connectivity index (χ3v) is 8.76. The molecular formula is C31H38ClN3O4S. The smallest absolute Gasteiger partial charge is 0.264 e. The van der Waals surface area contributed by atoms with Gasteiger partial charge in [0.05, 0.1) is 10.6 Å². The molecule has 0 bridgehead atoms. The topological polar surface area (TPSA) is 86.8 Å². The van der Waals surface area contributed by atoms with Crippen molar-refractivity contribution >= 4 is 39.1 Å². The van der Waals surface area contributed by atoms with Crippen LogP contribution < -0.4 is 9.62 Å². The van der Waals surface area contributed by atoms with Crippen molar-refractivity contribution in [1.29, 1.82) is 0 Å². The van der Waals surface area contributed by atoms with E-state index in [0.29, 0.717) is 35.7 Å². The maximum atomic E-state index is 14.1. The number of rotatable bonds is 14. The number of anilines is 1. The van der Waals surface area contributed by atoms with Crippen LogP contribution in [-0.2, 0) is 26.0 Å². The first kappa shape index (κ1) is 31.2. The quantitative estimate of drug-likeness (QED) is 0.250. The fourth-order valence-corrected chi connectivity index (χ4v) is 6.14. The van der Waals surface area contributed by atoms with Crippen molar-refractivity contribution in [1.82, 2.24) is 10.2 Å². The van der Waals surface area contributed by atoms with Crippen molar-refractivity contribution in [3.63, 3.8) is 0 Å². The summed E-state index contributed by atoms with van der Waals surface area (Å²) in [6, 6.07) is 21.9. The molecule has 0 aliphatic carbocycles. The van der Waals surface area contributed by atoms with Gasteiger partial charge in [-0.25, -0.2) is 8.42 Å². The van der Waals surface area contributed by atoms with E-state index in [4.69, 9.17) is 11.6 Å². The summed E-state index contributed by atoms with van der Waals surface area (Å²) >= 11 is 6.28. The Morgan fingerprint density at radius 2 is 1.60 bits per heavy atom. The molecule has 3 rings (SSSR count). The van der Waals surface area contributed by atoms with E-state index in [1.165, 1.54) is 17.0 Å². The molecule has 0 aliphatic heterocycles. The van der Waals surface area contributed by atoms with Crippen LogP contribution in [0.5, 0.6) is 0 Å². The van der Waals surface area contributed by atoms with Crippen molar-refractivity contribution in [3.8, 4) is 0 Å². The van der Waals surface area contributed by atoms with Crippen molar-refractivity contribution in [2.24, 2.45) is 0 Å². The summed E-state index contributed by atoms with van der Waals surface area (Å²) in [5, 5.41) is 3.29. The van der Waals surface area contributed by atoms with Crippen molar-refractivity contribution in [2.75, 3.05) is 23.9 Å². The highest BCUT2D eigenvalue weighted by Crippen LogP contribution is 2.30. The van der Waals surface area contributed by atoms with Gasteiger partial charge in [0.15, 0.2) is 0 Å². The van der Waals surface area contributed by atoms with Gasteiger partial charge in [0, 0.05) is 18.1 Å². The molecule has 0 fully saturated rings. The summed E-state index contributed by atoms with van der Waals surface area (Å²) in [6.07, 6.45) is 2.67. The minimum absolute atomic E-state index is 0.0577. The zero-order valence-corrected chi connectivity index (χ0v) is 24.9. The minimum Gasteiger partial charge on any atom is -0.354 e. The molecule has 1 atom stereocenters. The summed E-state index contributed by atoms with van der Waals surface area (Å²) in [5.41, 5.74) is 1.98. The second-order valence-corrected chi connectivity index (χ2v) is 11.9. The highest BCUT2D eigenvalue weighted by atomic mass is 35.5. The summed E-state index contributed by atoms with van der Waals surface area (Å²) in [6.45, 7) is 5.96. The normalized spacial score (nSPS) is 12.0. The average Bonchev–Trinajstić information content (AvgIpc) is 2.96. The third kappa shape index (κ3) is 8.08. The Labute approximate surface area is 243 Å². The highest BCUT2D eigenvalue weighted by Gasteiger charge is 2.34. The Morgan fingerprint density at radius 3 is 2.23 bits per heavy atom. The summed E-state index contributed by atoms with van der Waals surface area (Å²) in [5.74, 6) is -0.707. The van der Waals surface area contributed by atoms with Gasteiger partial charge in [0.1, 0.15) is 12.6 Å². The monoisotopic (exact) mass is 583 g/mol. The molecule has 0 saturated carbocycles. The summed E-state index contributed by atoms with van der Waals surface area (Å²) in [7, 11) is -4.13. The number of unbranched alkanes of at least 4 members (excludes halogenated alkanes) is 1. The van der Waals surface area contributed by atoms with Crippen LogP contribution in [0.2, 0.25) is 5.02 Å². The lowest BCUT2D eigenvalue weighted by Crippen LogP contribution is -2.53. The number of sulfonamides is 1. The van der Waals surface area contributed by atoms with Gasteiger partial charge in [0.25, 0.3) is 10.0 Å². The van der Waals surface area contributed by atoms with Crippen LogP contribution in [0.15, 0.2) is 83.8 Å². The zero-order valence-electron chi connectivity index (χ0n) is 23.3. The maximum absolute atomic E-state index is 14.1. The molecule has 9 heteroatoms. The molecule has 40 heavy (non-hydrogen) atoms. The summed E-state index contributed by atoms with van der Waals surface area (Å²) < 4.78 is 28.9. The zero-order chi connectivity index (χ0) is 29.1. The van der Waals surface area contributed by atoms with Gasteiger partial charge in [-0.1, -0.05) is 86.5 Å². The van der Waals surface area contributed by atoms with Gasteiger partial charge in [-0.05, 0) is 61.6 Å². The second-order valence-electron chi connectivity index (χ2n) is 9.65. The Hall–Kier alpha value is -3.36. The van der Waals surface area contributed by atoms with Crippen molar-refractivity contribution in [3.05, 3.63) is 95.0 Å². The molecule has 0 unspecified atom stereocenters. The van der Waals surface area contributed by atoms with E-state index in [9.17, 15) is 18.0 Å². The Kier molecular flexibility index (Phi) is 11.6. The first-order valence-electron chi connectivity index (χ1n) is 13.6. The molecule has 0 radical (unpaired) electrons. The number of nitrogens with one attached hydrogen (secondary N) is 1. The molecule has 3 aromatic rings. The molecular weight excluding hydrogens is 546 g/mol. The van der Waals surface area contributed by atoms with Gasteiger partial charge >= 0.3 is 0 Å². The van der Waals surface area contributed by atoms with Crippen LogP contribution >= 0.6 is 11.6 Å². The number of aryl methyl sites for hydroxylation is 1. The van der Waals surface area contributed by atoms with Crippen LogP contribution in [0.4, 0.5) is 5.69 Å². The lowest BCUT2D eigenvalue weighted by Gasteiger charge is -2.33. The van der Waals surface area contributed by atoms with E-state index in [0.717, 1.165) is 22.7 Å². The van der Waals surface area contributed by atoms with E-state index in [1.54, 1.807) is 43.3 Å². The van der Waals surface area contributed by atoms with Crippen molar-refractivity contribution < 1.29 is 18.0 Å². The van der Waals surface area contributed by atoms with Crippen LogP contribution in [0, 0.1) is 6.92 Å². The molecule has 0 spiro atoms. The number of benzene rings is 3. The minimum atomic E-state index is -4.13. The van der Waals surface area contributed by atoms with E-state index < -0.39 is 28.5 Å². The SMILES string of the molecule is CCCCNC(=O)[C@@H](CC)N(CCc1ccccc1)C(=O)CN(c1cc(Cl)ccc1C)S(=O)(=O)c1ccccc1. The number of nitrogens with zero attached hydrogens (tertiary/aromatic N) is 2. The van der Waals surface area contributed by atoms with Crippen molar-refractivity contribution in [2.45, 2.75) is 57.4 Å². The lowest BCUT2D eigenvalue weighted by atomic mass is 10.1. The van der Waals surface area contributed by atoms with Gasteiger partial charge in [-0.3, -0.25) is 13.9 Å². The Balaban J connectivity index is 2.01. The molecule has 1 N–H and O–H groups in total. The van der Waals surface area contributed by atoms with E-state index in [-0.39, 0.29) is 17.3 Å². The molecule has 2 amide bonds. The number of hydrogen-bond donors (Lipinski definition) is 1. The van der Waals surface area contributed by atoms with E-state index >= 15 is 0 Å². The van der Waals surface area contributed by atoms with Gasteiger partial charge in [-0.2, -0.15) is 0 Å². The highest BCUT2D eigenvalue weighted by molar-refractivity contribution is 7.92. The Morgan fingerprint density at radius 1 is 0.950 bits per heavy atom. The molecule has 0 aliphatic rings. The van der Waals surface area contributed by atoms with Crippen LogP contribution in [-0.4, -0.2) is 50.8 Å². The number of carbonyl (C=O) groups is 2. The van der Waals surface area contributed by atoms with Crippen LogP contribution in [0.25, 0.3) is 0 Å². The van der Waals surface area contributed by atoms with Crippen LogP contribution in [0.1, 0.15) is 44.2 Å². The fraction of sp³-hybridized carbons (Fsp3) is 0.355. The van der Waals surface area contributed by atoms with E-state index in [2.05, 4.69) is 5.32 Å². The first-order valence-corrected chi connectivity index (χ1v) is 15.5. The number of amides is 2. The first-order chi connectivity index (χ1) is 19.2. The average molecular weight is 584 g/mol. The summed E-state index contributed by atoms with van der Waals surface area (Å²) in [4.78, 5) is 28.9. The molecule has 0 aromatic heterocycles. The molecule has 7 nitrogen and oxygen atoms in total. The third-order valence-electron chi connectivity index (χ3n) is 6.75. The maximum Gasteiger partial charge on any atom is 0.264 e. The second kappa shape index (κ2) is 14.9. The number of halogens is 1. The molecule has 0 saturated heterocycles. The predicted octanol–water partition coefficient (Wildman–Crippen LogP) is 5.61. The lowest BCUT2D eigenvalue weighted by molar-refractivity contribution is -0.139. The van der Waals surface area contributed by atoms with E-state index in [1.807, 2.05) is 44.2 Å². The number of carbonyl (C=O) groups excluding carboxylic acids is 2.